The maximum absolute atomic E-state index is 12.1. The van der Waals surface area contributed by atoms with Crippen molar-refractivity contribution in [3.63, 3.8) is 0 Å². The lowest BCUT2D eigenvalue weighted by Gasteiger charge is -2.23. The molecule has 1 heterocycles. The van der Waals surface area contributed by atoms with Crippen LogP contribution in [0.4, 0.5) is 0 Å². The van der Waals surface area contributed by atoms with Gasteiger partial charge in [-0.15, -0.1) is 12.4 Å². The van der Waals surface area contributed by atoms with Crippen LogP contribution in [0.2, 0.25) is 0 Å². The number of aryl methyl sites for hydroxylation is 1. The summed E-state index contributed by atoms with van der Waals surface area (Å²) in [6, 6.07) is 15.2. The molecule has 0 N–H and O–H groups in total. The number of rotatable bonds is 3. The summed E-state index contributed by atoms with van der Waals surface area (Å²) >= 11 is 0. The Hall–Kier alpha value is -2.00. The van der Waals surface area contributed by atoms with Crippen molar-refractivity contribution in [1.82, 2.24) is 0 Å². The zero-order valence-corrected chi connectivity index (χ0v) is 13.3. The van der Waals surface area contributed by atoms with Gasteiger partial charge in [-0.05, 0) is 49.1 Å². The summed E-state index contributed by atoms with van der Waals surface area (Å²) in [5, 5.41) is 0. The third-order valence-corrected chi connectivity index (χ3v) is 3.66. The quantitative estimate of drug-likeness (QED) is 0.796. The van der Waals surface area contributed by atoms with Crippen molar-refractivity contribution in [2.75, 3.05) is 0 Å². The minimum atomic E-state index is -0.291. The Morgan fingerprint density at radius 1 is 1.23 bits per heavy atom. The number of carbonyl (C=O) groups is 1. The lowest BCUT2D eigenvalue weighted by Crippen LogP contribution is -2.19. The molecule has 1 atom stereocenters. The van der Waals surface area contributed by atoms with Crippen molar-refractivity contribution < 1.29 is 14.3 Å². The molecule has 0 radical (unpaired) electrons. The summed E-state index contributed by atoms with van der Waals surface area (Å²) in [6.45, 7) is 2.36. The molecule has 0 saturated carbocycles. The van der Waals surface area contributed by atoms with Gasteiger partial charge in [0.15, 0.2) is 0 Å². The molecule has 22 heavy (non-hydrogen) atoms. The van der Waals surface area contributed by atoms with E-state index in [1.807, 2.05) is 42.5 Å². The molecule has 0 fully saturated rings. The van der Waals surface area contributed by atoms with E-state index in [0.717, 1.165) is 29.7 Å². The topological polar surface area (TPSA) is 35.5 Å². The van der Waals surface area contributed by atoms with Gasteiger partial charge >= 0.3 is 5.97 Å². The zero-order valence-electron chi connectivity index (χ0n) is 12.5. The lowest BCUT2D eigenvalue weighted by molar-refractivity contribution is 0.0472. The molecule has 0 spiro atoms. The second-order valence-corrected chi connectivity index (χ2v) is 5.35. The largest absolute Gasteiger partial charge is 0.490 e. The maximum atomic E-state index is 12.1. The Bertz CT molecular complexity index is 640. The Labute approximate surface area is 136 Å². The molecule has 3 rings (SSSR count). The van der Waals surface area contributed by atoms with Gasteiger partial charge in [0, 0.05) is 0 Å². The smallest absolute Gasteiger partial charge is 0.338 e. The van der Waals surface area contributed by atoms with E-state index in [2.05, 4.69) is 6.92 Å². The van der Waals surface area contributed by atoms with E-state index in [0.29, 0.717) is 12.2 Å². The molecule has 1 aliphatic heterocycles. The molecule has 116 valence electrons. The monoisotopic (exact) mass is 318 g/mol. The van der Waals surface area contributed by atoms with E-state index in [1.165, 1.54) is 0 Å². The van der Waals surface area contributed by atoms with E-state index in [4.69, 9.17) is 9.47 Å². The Kier molecular flexibility index (Phi) is 5.45. The van der Waals surface area contributed by atoms with Crippen LogP contribution in [-0.4, -0.2) is 12.1 Å². The molecule has 1 aliphatic rings. The van der Waals surface area contributed by atoms with E-state index < -0.39 is 0 Å². The second kappa shape index (κ2) is 7.32. The number of hydrogen-bond acceptors (Lipinski definition) is 3. The Morgan fingerprint density at radius 2 is 2.00 bits per heavy atom. The van der Waals surface area contributed by atoms with Crippen LogP contribution in [-0.2, 0) is 17.8 Å². The van der Waals surface area contributed by atoms with Crippen LogP contribution in [0.1, 0.15) is 34.8 Å². The van der Waals surface area contributed by atoms with Gasteiger partial charge in [0.1, 0.15) is 12.4 Å². The summed E-state index contributed by atoms with van der Waals surface area (Å²) in [4.78, 5) is 12.1. The van der Waals surface area contributed by atoms with Gasteiger partial charge in [-0.25, -0.2) is 4.79 Å². The minimum Gasteiger partial charge on any atom is -0.490 e. The van der Waals surface area contributed by atoms with Crippen molar-refractivity contribution in [3.8, 4) is 5.75 Å². The SMILES string of the molecule is CC1CCc2cc(C(=O)OCc3ccccc3)ccc2O1.Cl. The van der Waals surface area contributed by atoms with E-state index in [-0.39, 0.29) is 24.5 Å². The summed E-state index contributed by atoms with van der Waals surface area (Å²) in [7, 11) is 0. The molecule has 1 unspecified atom stereocenters. The first kappa shape index (κ1) is 16.4. The van der Waals surface area contributed by atoms with E-state index >= 15 is 0 Å². The van der Waals surface area contributed by atoms with Crippen LogP contribution in [0.5, 0.6) is 5.75 Å². The van der Waals surface area contributed by atoms with E-state index in [1.54, 1.807) is 6.07 Å². The van der Waals surface area contributed by atoms with Gasteiger partial charge in [0.25, 0.3) is 0 Å². The number of esters is 1. The predicted octanol–water partition coefficient (Wildman–Crippen LogP) is 4.18. The average Bonchev–Trinajstić information content (AvgIpc) is 2.53. The number of carbonyl (C=O) groups excluding carboxylic acids is 1. The molecule has 3 nitrogen and oxygen atoms in total. The molecular formula is C18H19ClO3. The molecule has 0 amide bonds. The number of fused-ring (bicyclic) bond motifs is 1. The summed E-state index contributed by atoms with van der Waals surface area (Å²) in [6.07, 6.45) is 2.17. The third kappa shape index (κ3) is 3.80. The first-order chi connectivity index (χ1) is 10.2. The highest BCUT2D eigenvalue weighted by atomic mass is 35.5. The molecular weight excluding hydrogens is 300 g/mol. The van der Waals surface area contributed by atoms with Crippen LogP contribution < -0.4 is 4.74 Å². The fraction of sp³-hybridized carbons (Fsp3) is 0.278. The van der Waals surface area contributed by atoms with Crippen LogP contribution in [0, 0.1) is 0 Å². The Balaban J connectivity index is 0.00000176. The second-order valence-electron chi connectivity index (χ2n) is 5.35. The fourth-order valence-corrected chi connectivity index (χ4v) is 2.46. The van der Waals surface area contributed by atoms with Gasteiger partial charge < -0.3 is 9.47 Å². The molecule has 0 aliphatic carbocycles. The normalized spacial score (nSPS) is 16.0. The van der Waals surface area contributed by atoms with Gasteiger partial charge in [0.2, 0.25) is 0 Å². The van der Waals surface area contributed by atoms with Crippen LogP contribution >= 0.6 is 12.4 Å². The average molecular weight is 319 g/mol. The maximum Gasteiger partial charge on any atom is 0.338 e. The standard InChI is InChI=1S/C18H18O3.ClH/c1-13-7-8-15-11-16(9-10-17(15)21-13)18(19)20-12-14-5-3-2-4-6-14;/h2-6,9-11,13H,7-8,12H2,1H3;1H. The molecule has 2 aromatic carbocycles. The molecule has 2 aromatic rings. The summed E-state index contributed by atoms with van der Waals surface area (Å²) in [5.74, 6) is 0.591. The van der Waals surface area contributed by atoms with E-state index in [9.17, 15) is 4.79 Å². The van der Waals surface area contributed by atoms with Crippen molar-refractivity contribution in [2.45, 2.75) is 32.5 Å². The minimum absolute atomic E-state index is 0. The molecule has 4 heteroatoms. The highest BCUT2D eigenvalue weighted by Gasteiger charge is 2.18. The van der Waals surface area contributed by atoms with Crippen LogP contribution in [0.15, 0.2) is 48.5 Å². The van der Waals surface area contributed by atoms with Crippen molar-refractivity contribution in [1.29, 1.82) is 0 Å². The van der Waals surface area contributed by atoms with Gasteiger partial charge in [-0.1, -0.05) is 30.3 Å². The number of ether oxygens (including phenoxy) is 2. The summed E-state index contributed by atoms with van der Waals surface area (Å²) < 4.78 is 11.1. The molecule has 0 bridgehead atoms. The highest BCUT2D eigenvalue weighted by molar-refractivity contribution is 5.89. The third-order valence-electron chi connectivity index (χ3n) is 3.66. The number of halogens is 1. The number of benzene rings is 2. The first-order valence-electron chi connectivity index (χ1n) is 7.23. The van der Waals surface area contributed by atoms with Crippen molar-refractivity contribution >= 4 is 18.4 Å². The lowest BCUT2D eigenvalue weighted by atomic mass is 10.0. The van der Waals surface area contributed by atoms with Gasteiger partial charge in [0.05, 0.1) is 11.7 Å². The zero-order chi connectivity index (χ0) is 14.7. The molecule has 0 aromatic heterocycles. The van der Waals surface area contributed by atoms with Crippen LogP contribution in [0.3, 0.4) is 0 Å². The number of hydrogen-bond donors (Lipinski definition) is 0. The van der Waals surface area contributed by atoms with Crippen molar-refractivity contribution in [3.05, 3.63) is 65.2 Å². The van der Waals surface area contributed by atoms with Gasteiger partial charge in [-0.3, -0.25) is 0 Å². The molecule has 0 saturated heterocycles. The fourth-order valence-electron chi connectivity index (χ4n) is 2.46. The highest BCUT2D eigenvalue weighted by Crippen LogP contribution is 2.28. The predicted molar refractivity (Wildman–Crippen MR) is 87.7 cm³/mol. The van der Waals surface area contributed by atoms with Crippen LogP contribution in [0.25, 0.3) is 0 Å². The first-order valence-corrected chi connectivity index (χ1v) is 7.23. The summed E-state index contributed by atoms with van der Waals surface area (Å²) in [5.41, 5.74) is 2.66. The van der Waals surface area contributed by atoms with Crippen molar-refractivity contribution in [2.24, 2.45) is 0 Å². The van der Waals surface area contributed by atoms with Gasteiger partial charge in [-0.2, -0.15) is 0 Å². The Morgan fingerprint density at radius 3 is 2.77 bits per heavy atom.